The first kappa shape index (κ1) is 25.4. The first-order valence-corrected chi connectivity index (χ1v) is 13.2. The van der Waals surface area contributed by atoms with Crippen molar-refractivity contribution >= 4 is 50.9 Å². The van der Waals surface area contributed by atoms with Gasteiger partial charge in [-0.3, -0.25) is 14.2 Å². The average Bonchev–Trinajstić information content (AvgIpc) is 3.14. The Hall–Kier alpha value is -2.68. The number of halogens is 2. The van der Waals surface area contributed by atoms with Gasteiger partial charge in [-0.05, 0) is 62.7 Å². The number of benzene rings is 2. The summed E-state index contributed by atoms with van der Waals surface area (Å²) in [6, 6.07) is 12.3. The van der Waals surface area contributed by atoms with Gasteiger partial charge in [0.15, 0.2) is 4.80 Å². The number of amides is 1. The van der Waals surface area contributed by atoms with Crippen molar-refractivity contribution in [2.24, 2.45) is 4.99 Å². The maximum Gasteiger partial charge on any atom is 0.271 e. The summed E-state index contributed by atoms with van der Waals surface area (Å²) >= 11 is 10.9. The third-order valence-electron chi connectivity index (χ3n) is 5.97. The van der Waals surface area contributed by atoms with E-state index in [0.717, 1.165) is 15.6 Å². The van der Waals surface area contributed by atoms with E-state index in [-0.39, 0.29) is 11.5 Å². The van der Waals surface area contributed by atoms with Gasteiger partial charge in [-0.25, -0.2) is 4.99 Å². The fourth-order valence-corrected chi connectivity index (χ4v) is 5.74. The molecule has 0 radical (unpaired) electrons. The Balaban J connectivity index is 1.98. The van der Waals surface area contributed by atoms with E-state index in [1.165, 1.54) is 11.3 Å². The third-order valence-corrected chi connectivity index (χ3v) is 7.70. The summed E-state index contributed by atoms with van der Waals surface area (Å²) in [5.74, 6) is 0.529. The van der Waals surface area contributed by atoms with Crippen molar-refractivity contribution < 1.29 is 9.53 Å². The molecule has 1 aliphatic rings. The summed E-state index contributed by atoms with van der Waals surface area (Å²) in [4.78, 5) is 34.4. The summed E-state index contributed by atoms with van der Waals surface area (Å²) in [5, 5.41) is 0.584. The second kappa shape index (κ2) is 10.5. The number of aromatic nitrogens is 1. The van der Waals surface area contributed by atoms with Crippen LogP contribution in [0.2, 0.25) is 5.02 Å². The minimum Gasteiger partial charge on any atom is -0.496 e. The van der Waals surface area contributed by atoms with E-state index in [1.807, 2.05) is 51.1 Å². The van der Waals surface area contributed by atoms with Gasteiger partial charge in [-0.2, -0.15) is 0 Å². The van der Waals surface area contributed by atoms with Crippen LogP contribution in [0.5, 0.6) is 5.75 Å². The molecule has 1 atom stereocenters. The zero-order chi connectivity index (χ0) is 25.3. The van der Waals surface area contributed by atoms with Gasteiger partial charge in [-0.15, -0.1) is 0 Å². The van der Waals surface area contributed by atoms with E-state index < -0.39 is 6.04 Å². The van der Waals surface area contributed by atoms with Crippen molar-refractivity contribution in [3.8, 4) is 5.75 Å². The molecule has 6 nitrogen and oxygen atoms in total. The molecule has 35 heavy (non-hydrogen) atoms. The maximum absolute atomic E-state index is 13.8. The van der Waals surface area contributed by atoms with Gasteiger partial charge < -0.3 is 9.64 Å². The lowest BCUT2D eigenvalue weighted by molar-refractivity contribution is -0.127. The van der Waals surface area contributed by atoms with Gasteiger partial charge in [0.25, 0.3) is 11.5 Å². The van der Waals surface area contributed by atoms with Crippen molar-refractivity contribution in [3.05, 3.63) is 94.0 Å². The highest BCUT2D eigenvalue weighted by molar-refractivity contribution is 9.10. The molecule has 0 unspecified atom stereocenters. The molecule has 4 rings (SSSR count). The number of carbonyl (C=O) groups is 1. The van der Waals surface area contributed by atoms with E-state index in [1.54, 1.807) is 34.8 Å². The van der Waals surface area contributed by atoms with E-state index in [0.29, 0.717) is 44.5 Å². The summed E-state index contributed by atoms with van der Waals surface area (Å²) in [5.41, 5.74) is 2.45. The Morgan fingerprint density at radius 1 is 1.23 bits per heavy atom. The zero-order valence-electron chi connectivity index (χ0n) is 19.8. The summed E-state index contributed by atoms with van der Waals surface area (Å²) in [7, 11) is 1.59. The summed E-state index contributed by atoms with van der Waals surface area (Å²) in [6.07, 6.45) is 1.80. The largest absolute Gasteiger partial charge is 0.496 e. The van der Waals surface area contributed by atoms with Gasteiger partial charge in [-0.1, -0.05) is 51.0 Å². The first-order valence-electron chi connectivity index (χ1n) is 11.2. The number of allylic oxidation sites excluding steroid dienone is 1. The standard InChI is InChI=1S/C26H25BrClN3O3S/c1-5-30(6-2)25(33)22-15(3)29-26-31(23(22)16-7-10-19(28)11-8-16)24(32)21(35-26)14-17-13-18(27)9-12-20(17)34-4/h7-14,23H,5-6H2,1-4H3/b21-14+/t23-/m0/s1. The number of hydrogen-bond acceptors (Lipinski definition) is 5. The molecule has 0 spiro atoms. The number of hydrogen-bond donors (Lipinski definition) is 0. The van der Waals surface area contributed by atoms with Crippen molar-refractivity contribution in [2.75, 3.05) is 20.2 Å². The van der Waals surface area contributed by atoms with Crippen LogP contribution >= 0.6 is 38.9 Å². The number of rotatable bonds is 6. The lowest BCUT2D eigenvalue weighted by Crippen LogP contribution is -2.43. The fourth-order valence-electron chi connectivity index (χ4n) is 4.20. The van der Waals surface area contributed by atoms with Crippen LogP contribution in [0, 0.1) is 0 Å². The number of carbonyl (C=O) groups excluding carboxylic acids is 1. The van der Waals surface area contributed by atoms with E-state index >= 15 is 0 Å². The van der Waals surface area contributed by atoms with Crippen LogP contribution in [0.25, 0.3) is 6.08 Å². The highest BCUT2D eigenvalue weighted by Crippen LogP contribution is 2.32. The second-order valence-corrected chi connectivity index (χ2v) is 10.4. The van der Waals surface area contributed by atoms with Crippen molar-refractivity contribution in [1.29, 1.82) is 0 Å². The second-order valence-electron chi connectivity index (χ2n) is 8.00. The van der Waals surface area contributed by atoms with Crippen LogP contribution in [0.1, 0.15) is 37.9 Å². The van der Waals surface area contributed by atoms with E-state index in [4.69, 9.17) is 21.3 Å². The average molecular weight is 575 g/mol. The van der Waals surface area contributed by atoms with Gasteiger partial charge in [0, 0.05) is 28.1 Å². The quantitative estimate of drug-likeness (QED) is 0.435. The fraction of sp³-hybridized carbons (Fsp3) is 0.269. The van der Waals surface area contributed by atoms with Gasteiger partial charge in [0.1, 0.15) is 5.75 Å². The molecule has 0 saturated carbocycles. The van der Waals surface area contributed by atoms with Gasteiger partial charge in [0.05, 0.1) is 29.0 Å². The van der Waals surface area contributed by atoms with Crippen LogP contribution in [-0.4, -0.2) is 35.6 Å². The van der Waals surface area contributed by atoms with Crippen molar-refractivity contribution in [3.63, 3.8) is 0 Å². The van der Waals surface area contributed by atoms with Crippen LogP contribution in [0.3, 0.4) is 0 Å². The molecular weight excluding hydrogens is 550 g/mol. The predicted octanol–water partition coefficient (Wildman–Crippen LogP) is 4.53. The molecule has 3 aromatic rings. The number of fused-ring (bicyclic) bond motifs is 1. The Bertz CT molecular complexity index is 1490. The van der Waals surface area contributed by atoms with Gasteiger partial charge in [0.2, 0.25) is 0 Å². The van der Waals surface area contributed by atoms with Crippen LogP contribution in [0.15, 0.2) is 68.0 Å². The lowest BCUT2D eigenvalue weighted by atomic mass is 9.94. The molecule has 9 heteroatoms. The molecule has 1 amide bonds. The minimum atomic E-state index is -0.608. The van der Waals surface area contributed by atoms with Gasteiger partial charge >= 0.3 is 0 Å². The van der Waals surface area contributed by atoms with E-state index in [9.17, 15) is 9.59 Å². The maximum atomic E-state index is 13.8. The van der Waals surface area contributed by atoms with E-state index in [2.05, 4.69) is 15.9 Å². The Labute approximate surface area is 221 Å². The molecular formula is C26H25BrClN3O3S. The number of methoxy groups -OCH3 is 1. The molecule has 0 bridgehead atoms. The smallest absolute Gasteiger partial charge is 0.271 e. The van der Waals surface area contributed by atoms with Crippen LogP contribution in [-0.2, 0) is 4.79 Å². The number of thiazole rings is 1. The minimum absolute atomic E-state index is 0.126. The number of ether oxygens (including phenoxy) is 1. The normalized spacial score (nSPS) is 15.6. The Morgan fingerprint density at radius 3 is 2.54 bits per heavy atom. The molecule has 182 valence electrons. The summed E-state index contributed by atoms with van der Waals surface area (Å²) in [6.45, 7) is 6.83. The first-order chi connectivity index (χ1) is 16.8. The topological polar surface area (TPSA) is 63.9 Å². The Kier molecular flexibility index (Phi) is 7.64. The van der Waals surface area contributed by atoms with Crippen molar-refractivity contribution in [1.82, 2.24) is 9.47 Å². The monoisotopic (exact) mass is 573 g/mol. The SMILES string of the molecule is CCN(CC)C(=O)C1=C(C)N=c2s/c(=C/c3cc(Br)ccc3OC)c(=O)n2[C@H]1c1ccc(Cl)cc1. The zero-order valence-corrected chi connectivity index (χ0v) is 23.0. The third kappa shape index (κ3) is 4.87. The molecule has 1 aromatic heterocycles. The lowest BCUT2D eigenvalue weighted by Gasteiger charge is -2.29. The summed E-state index contributed by atoms with van der Waals surface area (Å²) < 4.78 is 8.48. The molecule has 2 heterocycles. The van der Waals surface area contributed by atoms with Crippen LogP contribution in [0.4, 0.5) is 0 Å². The Morgan fingerprint density at radius 2 is 1.91 bits per heavy atom. The highest BCUT2D eigenvalue weighted by atomic mass is 79.9. The molecule has 2 aromatic carbocycles. The predicted molar refractivity (Wildman–Crippen MR) is 144 cm³/mol. The number of nitrogens with zero attached hydrogens (tertiary/aromatic N) is 3. The number of likely N-dealkylation sites (N-methyl/N-ethyl adjacent to an activating group) is 1. The molecule has 0 N–H and O–H groups in total. The molecule has 1 aliphatic heterocycles. The molecule has 0 saturated heterocycles. The van der Waals surface area contributed by atoms with Crippen molar-refractivity contribution in [2.45, 2.75) is 26.8 Å². The highest BCUT2D eigenvalue weighted by Gasteiger charge is 2.34. The molecule has 0 aliphatic carbocycles. The van der Waals surface area contributed by atoms with Crippen LogP contribution < -0.4 is 19.6 Å². The molecule has 0 fully saturated rings.